The van der Waals surface area contributed by atoms with Crippen LogP contribution in [0.15, 0.2) is 23.5 Å². The Kier molecular flexibility index (Phi) is 4.38. The van der Waals surface area contributed by atoms with Crippen LogP contribution in [0.4, 0.5) is 0 Å². The summed E-state index contributed by atoms with van der Waals surface area (Å²) in [7, 11) is -1.64. The van der Waals surface area contributed by atoms with Crippen LogP contribution in [-0.2, 0) is 19.0 Å². The van der Waals surface area contributed by atoms with Crippen molar-refractivity contribution in [1.29, 1.82) is 0 Å². The van der Waals surface area contributed by atoms with E-state index in [0.29, 0.717) is 11.8 Å². The van der Waals surface area contributed by atoms with Crippen LogP contribution < -0.4 is 0 Å². The standard InChI is InChI=1S/C18H28O4S/c1-12-15-7-5-13-11-14(21-3)6-8-16(13)18(15,2)10-9-17(12)22-23(4,19)20/h5,11-12,15-17H,6-10H2,1-4H3/t12-,15-,16-,17-,18-/m0/s1. The van der Waals surface area contributed by atoms with Crippen LogP contribution in [0.1, 0.15) is 46.0 Å². The number of ether oxygens (including phenoxy) is 1. The lowest BCUT2D eigenvalue weighted by atomic mass is 9.51. The molecule has 1 saturated carbocycles. The molecule has 0 radical (unpaired) electrons. The Morgan fingerprint density at radius 3 is 2.70 bits per heavy atom. The first kappa shape index (κ1) is 17.0. The summed E-state index contributed by atoms with van der Waals surface area (Å²) in [6.07, 6.45) is 10.5. The Bertz CT molecular complexity index is 633. The lowest BCUT2D eigenvalue weighted by molar-refractivity contribution is -0.0495. The summed E-state index contributed by atoms with van der Waals surface area (Å²) in [5.74, 6) is 2.38. The third-order valence-electron chi connectivity index (χ3n) is 6.41. The molecule has 0 aromatic carbocycles. The number of methoxy groups -OCH3 is 1. The molecular weight excluding hydrogens is 312 g/mol. The SMILES string of the molecule is COC1=CC2=CC[C@H]3[C@H](C)[C@@H](OS(C)(=O)=O)CC[C@]3(C)[C@H]2CC1. The first-order valence-corrected chi connectivity index (χ1v) is 10.4. The van der Waals surface area contributed by atoms with Gasteiger partial charge in [0, 0.05) is 6.42 Å². The zero-order valence-electron chi connectivity index (χ0n) is 14.5. The zero-order valence-corrected chi connectivity index (χ0v) is 15.4. The van der Waals surface area contributed by atoms with E-state index in [1.165, 1.54) is 5.57 Å². The molecule has 0 heterocycles. The maximum absolute atomic E-state index is 11.5. The molecule has 5 atom stereocenters. The third-order valence-corrected chi connectivity index (χ3v) is 7.01. The number of rotatable bonds is 3. The minimum atomic E-state index is -3.39. The van der Waals surface area contributed by atoms with Crippen molar-refractivity contribution in [3.05, 3.63) is 23.5 Å². The van der Waals surface area contributed by atoms with Crippen molar-refractivity contribution in [2.75, 3.05) is 13.4 Å². The molecule has 0 bridgehead atoms. The fraction of sp³-hybridized carbons (Fsp3) is 0.778. The minimum Gasteiger partial charge on any atom is -0.501 e. The van der Waals surface area contributed by atoms with E-state index in [1.54, 1.807) is 7.11 Å². The molecule has 0 saturated heterocycles. The fourth-order valence-electron chi connectivity index (χ4n) is 5.19. The van der Waals surface area contributed by atoms with Gasteiger partial charge in [0.15, 0.2) is 0 Å². The van der Waals surface area contributed by atoms with Crippen LogP contribution in [0.2, 0.25) is 0 Å². The average Bonchev–Trinajstić information content (AvgIpc) is 2.49. The Morgan fingerprint density at radius 2 is 2.04 bits per heavy atom. The van der Waals surface area contributed by atoms with E-state index in [2.05, 4.69) is 26.0 Å². The second-order valence-electron chi connectivity index (χ2n) is 7.69. The summed E-state index contributed by atoms with van der Waals surface area (Å²) in [5, 5.41) is 0. The molecule has 5 heteroatoms. The highest BCUT2D eigenvalue weighted by atomic mass is 32.2. The lowest BCUT2D eigenvalue weighted by Crippen LogP contribution is -2.50. The largest absolute Gasteiger partial charge is 0.501 e. The number of fused-ring (bicyclic) bond motifs is 3. The summed E-state index contributed by atoms with van der Waals surface area (Å²) in [5.41, 5.74) is 1.65. The van der Waals surface area contributed by atoms with E-state index >= 15 is 0 Å². The molecule has 3 aliphatic rings. The van der Waals surface area contributed by atoms with E-state index in [4.69, 9.17) is 8.92 Å². The molecule has 0 aromatic rings. The molecule has 0 N–H and O–H groups in total. The van der Waals surface area contributed by atoms with Gasteiger partial charge in [-0.25, -0.2) is 0 Å². The lowest BCUT2D eigenvalue weighted by Gasteiger charge is -2.55. The van der Waals surface area contributed by atoms with Gasteiger partial charge in [-0.05, 0) is 60.5 Å². The molecule has 1 fully saturated rings. The van der Waals surface area contributed by atoms with Crippen LogP contribution in [0, 0.1) is 23.2 Å². The summed E-state index contributed by atoms with van der Waals surface area (Å²) < 4.78 is 33.9. The van der Waals surface area contributed by atoms with Gasteiger partial charge in [0.1, 0.15) is 0 Å². The molecule has 130 valence electrons. The predicted molar refractivity (Wildman–Crippen MR) is 90.2 cm³/mol. The number of hydrogen-bond acceptors (Lipinski definition) is 4. The third kappa shape index (κ3) is 3.10. The quantitative estimate of drug-likeness (QED) is 0.736. The second kappa shape index (κ2) is 5.92. The maximum Gasteiger partial charge on any atom is 0.264 e. The van der Waals surface area contributed by atoms with Gasteiger partial charge in [-0.3, -0.25) is 4.18 Å². The molecule has 23 heavy (non-hydrogen) atoms. The predicted octanol–water partition coefficient (Wildman–Crippen LogP) is 3.65. The smallest absolute Gasteiger partial charge is 0.264 e. The summed E-state index contributed by atoms with van der Waals surface area (Å²) in [6, 6.07) is 0. The Labute approximate surface area is 140 Å². The van der Waals surface area contributed by atoms with E-state index in [1.807, 2.05) is 0 Å². The minimum absolute atomic E-state index is 0.174. The fourth-order valence-corrected chi connectivity index (χ4v) is 5.91. The van der Waals surface area contributed by atoms with E-state index in [9.17, 15) is 8.42 Å². The van der Waals surface area contributed by atoms with Crippen LogP contribution in [0.25, 0.3) is 0 Å². The van der Waals surface area contributed by atoms with E-state index in [-0.39, 0.29) is 17.4 Å². The first-order chi connectivity index (χ1) is 10.7. The van der Waals surface area contributed by atoms with Crippen LogP contribution in [0.5, 0.6) is 0 Å². The van der Waals surface area contributed by atoms with Crippen molar-refractivity contribution in [1.82, 2.24) is 0 Å². The normalized spacial score (nSPS) is 40.5. The highest BCUT2D eigenvalue weighted by Crippen LogP contribution is 2.58. The van der Waals surface area contributed by atoms with Gasteiger partial charge in [0.2, 0.25) is 0 Å². The van der Waals surface area contributed by atoms with Crippen molar-refractivity contribution >= 4 is 10.1 Å². The Balaban J connectivity index is 1.86. The molecule has 0 unspecified atom stereocenters. The van der Waals surface area contributed by atoms with Gasteiger partial charge in [0.25, 0.3) is 10.1 Å². The summed E-state index contributed by atoms with van der Waals surface area (Å²) in [4.78, 5) is 0. The van der Waals surface area contributed by atoms with Crippen LogP contribution >= 0.6 is 0 Å². The van der Waals surface area contributed by atoms with Crippen molar-refractivity contribution in [3.63, 3.8) is 0 Å². The molecule has 4 nitrogen and oxygen atoms in total. The molecule has 3 rings (SSSR count). The van der Waals surface area contributed by atoms with Crippen LogP contribution in [0.3, 0.4) is 0 Å². The first-order valence-electron chi connectivity index (χ1n) is 8.57. The van der Waals surface area contributed by atoms with E-state index < -0.39 is 10.1 Å². The van der Waals surface area contributed by atoms with Gasteiger partial charge in [0.05, 0.1) is 25.2 Å². The van der Waals surface area contributed by atoms with Gasteiger partial charge in [-0.15, -0.1) is 0 Å². The molecular formula is C18H28O4S. The molecule has 0 spiro atoms. The maximum atomic E-state index is 11.5. The number of hydrogen-bond donors (Lipinski definition) is 0. The zero-order chi connectivity index (χ0) is 16.8. The molecule has 0 aromatic heterocycles. The molecule has 0 aliphatic heterocycles. The molecule has 0 amide bonds. The van der Waals surface area contributed by atoms with Crippen molar-refractivity contribution in [2.24, 2.45) is 23.2 Å². The second-order valence-corrected chi connectivity index (χ2v) is 9.30. The summed E-state index contributed by atoms with van der Waals surface area (Å²) in [6.45, 7) is 4.56. The van der Waals surface area contributed by atoms with Gasteiger partial charge in [-0.2, -0.15) is 8.42 Å². The van der Waals surface area contributed by atoms with Crippen LogP contribution in [-0.4, -0.2) is 27.9 Å². The molecule has 3 aliphatic carbocycles. The van der Waals surface area contributed by atoms with Gasteiger partial charge < -0.3 is 4.74 Å². The highest BCUT2D eigenvalue weighted by Gasteiger charge is 2.52. The van der Waals surface area contributed by atoms with Gasteiger partial charge in [-0.1, -0.05) is 19.9 Å². The monoisotopic (exact) mass is 340 g/mol. The Morgan fingerprint density at radius 1 is 1.30 bits per heavy atom. The average molecular weight is 340 g/mol. The van der Waals surface area contributed by atoms with Crippen molar-refractivity contribution in [3.8, 4) is 0 Å². The number of allylic oxidation sites excluding steroid dienone is 4. The summed E-state index contributed by atoms with van der Waals surface area (Å²) >= 11 is 0. The Hall–Kier alpha value is -0.810. The van der Waals surface area contributed by atoms with Crippen molar-refractivity contribution < 1.29 is 17.3 Å². The van der Waals surface area contributed by atoms with Crippen molar-refractivity contribution in [2.45, 2.75) is 52.1 Å². The van der Waals surface area contributed by atoms with E-state index in [0.717, 1.165) is 44.1 Å². The topological polar surface area (TPSA) is 52.6 Å². The highest BCUT2D eigenvalue weighted by molar-refractivity contribution is 7.86. The van der Waals surface area contributed by atoms with Gasteiger partial charge >= 0.3 is 0 Å².